The molecule has 0 radical (unpaired) electrons. The molecule has 0 saturated carbocycles. The Morgan fingerprint density at radius 3 is 2.44 bits per heavy atom. The van der Waals surface area contributed by atoms with Crippen LogP contribution in [0.25, 0.3) is 0 Å². The van der Waals surface area contributed by atoms with Crippen LogP contribution >= 0.6 is 11.6 Å². The van der Waals surface area contributed by atoms with Crippen LogP contribution in [0.4, 0.5) is 0 Å². The highest BCUT2D eigenvalue weighted by molar-refractivity contribution is 7.91. The highest BCUT2D eigenvalue weighted by atomic mass is 35.5. The molecule has 0 amide bonds. The van der Waals surface area contributed by atoms with Gasteiger partial charge in [0.25, 0.3) is 0 Å². The molecule has 16 heavy (non-hydrogen) atoms. The van der Waals surface area contributed by atoms with Crippen LogP contribution in [0.2, 0.25) is 5.02 Å². The summed E-state index contributed by atoms with van der Waals surface area (Å²) in [5, 5.41) is 9.10. The largest absolute Gasteiger partial charge is 0.395 e. The quantitative estimate of drug-likeness (QED) is 0.905. The fourth-order valence-electron chi connectivity index (χ4n) is 1.34. The minimum absolute atomic E-state index is 0.178. The molecule has 0 aromatic heterocycles. The molecule has 5 heteroatoms. The molecular formula is C11H15ClO3S. The summed E-state index contributed by atoms with van der Waals surface area (Å²) < 4.78 is 23.5. The van der Waals surface area contributed by atoms with Crippen molar-refractivity contribution in [3.05, 3.63) is 28.8 Å². The van der Waals surface area contributed by atoms with Crippen molar-refractivity contribution in [2.75, 3.05) is 12.4 Å². The third-order valence-corrected chi connectivity index (χ3v) is 4.17. The molecule has 90 valence electrons. The maximum absolute atomic E-state index is 11.7. The van der Waals surface area contributed by atoms with Gasteiger partial charge in [-0.1, -0.05) is 25.4 Å². The molecular weight excluding hydrogens is 248 g/mol. The Morgan fingerprint density at radius 2 is 1.94 bits per heavy atom. The summed E-state index contributed by atoms with van der Waals surface area (Å²) >= 11 is 5.87. The Bertz CT molecular complexity index is 466. The monoisotopic (exact) mass is 262 g/mol. The third-order valence-electron chi connectivity index (χ3n) is 2.28. The van der Waals surface area contributed by atoms with E-state index in [0.29, 0.717) is 5.02 Å². The summed E-state index contributed by atoms with van der Waals surface area (Å²) in [5.74, 6) is -0.0630. The predicted molar refractivity (Wildman–Crippen MR) is 64.7 cm³/mol. The van der Waals surface area contributed by atoms with Crippen LogP contribution in [0.3, 0.4) is 0 Å². The van der Waals surface area contributed by atoms with E-state index >= 15 is 0 Å². The second-order valence-corrected chi connectivity index (χ2v) is 6.46. The highest BCUT2D eigenvalue weighted by Crippen LogP contribution is 2.24. The van der Waals surface area contributed by atoms with Gasteiger partial charge in [-0.25, -0.2) is 8.42 Å². The summed E-state index contributed by atoms with van der Waals surface area (Å²) in [6.45, 7) is 3.55. The Labute approximate surface area is 101 Å². The normalized spacial score (nSPS) is 12.1. The lowest BCUT2D eigenvalue weighted by molar-refractivity contribution is 0.319. The van der Waals surface area contributed by atoms with E-state index in [1.807, 2.05) is 13.8 Å². The number of sulfone groups is 1. The third kappa shape index (κ3) is 3.20. The number of hydrogen-bond donors (Lipinski definition) is 1. The van der Waals surface area contributed by atoms with Gasteiger partial charge in [0.1, 0.15) is 0 Å². The van der Waals surface area contributed by atoms with Crippen LogP contribution in [0.5, 0.6) is 0 Å². The molecule has 0 spiro atoms. The van der Waals surface area contributed by atoms with Crippen molar-refractivity contribution in [1.29, 1.82) is 0 Å². The van der Waals surface area contributed by atoms with Crippen molar-refractivity contribution in [2.24, 2.45) is 0 Å². The summed E-state index contributed by atoms with van der Waals surface area (Å²) in [5.41, 5.74) is 0.879. The maximum atomic E-state index is 11.7. The highest BCUT2D eigenvalue weighted by Gasteiger charge is 2.16. The van der Waals surface area contributed by atoms with Gasteiger partial charge < -0.3 is 5.11 Å². The second-order valence-electron chi connectivity index (χ2n) is 3.92. The Kier molecular flexibility index (Phi) is 4.35. The molecule has 0 aliphatic heterocycles. The van der Waals surface area contributed by atoms with E-state index in [2.05, 4.69) is 0 Å². The molecule has 0 fully saturated rings. The van der Waals surface area contributed by atoms with Gasteiger partial charge in [-0.2, -0.15) is 0 Å². The lowest BCUT2D eigenvalue weighted by Gasteiger charge is -2.09. The zero-order valence-corrected chi connectivity index (χ0v) is 10.8. The van der Waals surface area contributed by atoms with Gasteiger partial charge >= 0.3 is 0 Å². The molecule has 0 heterocycles. The molecule has 0 atom stereocenters. The van der Waals surface area contributed by atoms with Crippen molar-refractivity contribution >= 4 is 21.4 Å². The topological polar surface area (TPSA) is 54.4 Å². The summed E-state index contributed by atoms with van der Waals surface area (Å²) in [6.07, 6.45) is 0. The number of halogens is 1. The van der Waals surface area contributed by atoms with Crippen LogP contribution in [0.1, 0.15) is 25.3 Å². The molecule has 1 aromatic carbocycles. The number of benzene rings is 1. The first-order valence-corrected chi connectivity index (χ1v) is 7.04. The standard InChI is InChI=1S/C11H15ClO3S/c1-8(2)9-5-10(12)7-11(6-9)16(14,15)4-3-13/h5-8,13H,3-4H2,1-2H3. The van der Waals surface area contributed by atoms with Crippen molar-refractivity contribution in [3.8, 4) is 0 Å². The van der Waals surface area contributed by atoms with Crippen molar-refractivity contribution in [3.63, 3.8) is 0 Å². The molecule has 1 N–H and O–H groups in total. The number of aliphatic hydroxyl groups is 1. The van der Waals surface area contributed by atoms with Gasteiger partial charge in [0, 0.05) is 5.02 Å². The first-order chi connectivity index (χ1) is 7.36. The van der Waals surface area contributed by atoms with Crippen LogP contribution in [0, 0.1) is 0 Å². The van der Waals surface area contributed by atoms with Gasteiger partial charge in [-0.05, 0) is 29.7 Å². The SMILES string of the molecule is CC(C)c1cc(Cl)cc(S(=O)(=O)CCO)c1. The van der Waals surface area contributed by atoms with Crippen molar-refractivity contribution in [2.45, 2.75) is 24.7 Å². The molecule has 0 unspecified atom stereocenters. The van der Waals surface area contributed by atoms with E-state index in [4.69, 9.17) is 16.7 Å². The van der Waals surface area contributed by atoms with Gasteiger partial charge in [0.2, 0.25) is 0 Å². The average Bonchev–Trinajstić information content (AvgIpc) is 2.16. The Balaban J connectivity index is 3.25. The van der Waals surface area contributed by atoms with Gasteiger partial charge in [-0.3, -0.25) is 0 Å². The summed E-state index contributed by atoms with van der Waals surface area (Å²) in [6, 6.07) is 4.78. The lowest BCUT2D eigenvalue weighted by atomic mass is 10.0. The Hall–Kier alpha value is -0.580. The van der Waals surface area contributed by atoms with E-state index in [0.717, 1.165) is 5.56 Å². The van der Waals surface area contributed by atoms with E-state index in [9.17, 15) is 8.42 Å². The average molecular weight is 263 g/mol. The Morgan fingerprint density at radius 1 is 1.31 bits per heavy atom. The molecule has 0 saturated heterocycles. The second kappa shape index (κ2) is 5.17. The molecule has 0 aliphatic carbocycles. The first kappa shape index (κ1) is 13.5. The van der Waals surface area contributed by atoms with Crippen LogP contribution < -0.4 is 0 Å². The molecule has 0 bridgehead atoms. The minimum Gasteiger partial charge on any atom is -0.395 e. The summed E-state index contributed by atoms with van der Waals surface area (Å²) in [7, 11) is -3.42. The van der Waals surface area contributed by atoms with E-state index in [1.165, 1.54) is 6.07 Å². The minimum atomic E-state index is -3.42. The van der Waals surface area contributed by atoms with Crippen molar-refractivity contribution < 1.29 is 13.5 Å². The fourth-order valence-corrected chi connectivity index (χ4v) is 2.74. The first-order valence-electron chi connectivity index (χ1n) is 5.01. The predicted octanol–water partition coefficient (Wildman–Crippen LogP) is 2.23. The van der Waals surface area contributed by atoms with E-state index in [1.54, 1.807) is 12.1 Å². The summed E-state index contributed by atoms with van der Waals surface area (Å²) in [4.78, 5) is 0.178. The van der Waals surface area contributed by atoms with E-state index < -0.39 is 9.84 Å². The molecule has 1 aromatic rings. The number of aliphatic hydroxyl groups excluding tert-OH is 1. The lowest BCUT2D eigenvalue weighted by Crippen LogP contribution is -2.10. The van der Waals surface area contributed by atoms with Gasteiger partial charge in [0.15, 0.2) is 9.84 Å². The molecule has 3 nitrogen and oxygen atoms in total. The van der Waals surface area contributed by atoms with Crippen LogP contribution in [-0.4, -0.2) is 25.9 Å². The zero-order chi connectivity index (χ0) is 12.3. The molecule has 0 aliphatic rings. The maximum Gasteiger partial charge on any atom is 0.180 e. The van der Waals surface area contributed by atoms with Crippen molar-refractivity contribution in [1.82, 2.24) is 0 Å². The fraction of sp³-hybridized carbons (Fsp3) is 0.455. The smallest absolute Gasteiger partial charge is 0.180 e. The van der Waals surface area contributed by atoms with E-state index in [-0.39, 0.29) is 23.2 Å². The number of hydrogen-bond acceptors (Lipinski definition) is 3. The van der Waals surface area contributed by atoms with Crippen LogP contribution in [0.15, 0.2) is 23.1 Å². The molecule has 1 rings (SSSR count). The van der Waals surface area contributed by atoms with Gasteiger partial charge in [0.05, 0.1) is 17.3 Å². The number of rotatable bonds is 4. The van der Waals surface area contributed by atoms with Gasteiger partial charge in [-0.15, -0.1) is 0 Å². The zero-order valence-electron chi connectivity index (χ0n) is 9.27. The van der Waals surface area contributed by atoms with Crippen LogP contribution in [-0.2, 0) is 9.84 Å².